The summed E-state index contributed by atoms with van der Waals surface area (Å²) in [5.41, 5.74) is 0.764. The van der Waals surface area contributed by atoms with Gasteiger partial charge in [0.25, 0.3) is 0 Å². The molecule has 2 atom stereocenters. The van der Waals surface area contributed by atoms with Crippen molar-refractivity contribution in [2.45, 2.75) is 31.9 Å². The van der Waals surface area contributed by atoms with Crippen molar-refractivity contribution in [3.63, 3.8) is 0 Å². The van der Waals surface area contributed by atoms with Gasteiger partial charge in [0.2, 0.25) is 17.2 Å². The zero-order valence-corrected chi connectivity index (χ0v) is 21.7. The molecule has 2 aliphatic carbocycles. The first-order valence-electron chi connectivity index (χ1n) is 11.6. The molecule has 0 amide bonds. The number of phenols is 1. The molecule has 39 heavy (non-hydrogen) atoms. The molecule has 2 aromatic rings. The number of hydrogen-bond acceptors (Lipinski definition) is 12. The summed E-state index contributed by atoms with van der Waals surface area (Å²) >= 11 is 0. The summed E-state index contributed by atoms with van der Waals surface area (Å²) in [5.74, 6) is -7.01. The van der Waals surface area contributed by atoms with Gasteiger partial charge in [-0.2, -0.15) is 0 Å². The number of hydrogen-bond donors (Lipinski definition) is 3. The molecule has 0 saturated heterocycles. The Morgan fingerprint density at radius 1 is 1.10 bits per heavy atom. The largest absolute Gasteiger partial charge is 0.507 e. The lowest BCUT2D eigenvalue weighted by Crippen LogP contribution is -2.55. The molecule has 2 unspecified atom stereocenters. The van der Waals surface area contributed by atoms with E-state index in [9.17, 15) is 34.2 Å². The van der Waals surface area contributed by atoms with E-state index in [1.807, 2.05) is 0 Å². The number of benzene rings is 2. The second-order valence-electron chi connectivity index (χ2n) is 9.12. The predicted molar refractivity (Wildman–Crippen MR) is 133 cm³/mol. The fraction of sp³-hybridized carbons (Fsp3) is 0.296. The first-order chi connectivity index (χ1) is 18.3. The number of nitrogens with two attached hydrogens (primary N) is 1. The van der Waals surface area contributed by atoms with E-state index in [2.05, 4.69) is 0 Å². The van der Waals surface area contributed by atoms with Gasteiger partial charge in [-0.25, -0.2) is 4.79 Å². The van der Waals surface area contributed by atoms with Crippen LogP contribution in [0, 0.1) is 6.92 Å². The molecule has 0 aromatic heterocycles. The zero-order valence-electron chi connectivity index (χ0n) is 21.7. The number of esters is 2. The van der Waals surface area contributed by atoms with Gasteiger partial charge in [-0.05, 0) is 36.9 Å². The maximum atomic E-state index is 13.8. The Balaban J connectivity index is 2.07. The van der Waals surface area contributed by atoms with Crippen molar-refractivity contribution >= 4 is 40.1 Å². The Morgan fingerprint density at radius 2 is 1.77 bits per heavy atom. The van der Waals surface area contributed by atoms with Crippen LogP contribution in [0.25, 0.3) is 10.8 Å². The van der Waals surface area contributed by atoms with Gasteiger partial charge in [0.15, 0.2) is 17.3 Å². The highest BCUT2D eigenvalue weighted by atomic mass is 16.6. The number of fused-ring (bicyclic) bond motifs is 3. The Bertz CT molecular complexity index is 1560. The van der Waals surface area contributed by atoms with Crippen LogP contribution in [-0.4, -0.2) is 72.5 Å². The van der Waals surface area contributed by atoms with Crippen LogP contribution in [0.5, 0.6) is 11.5 Å². The summed E-state index contributed by atoms with van der Waals surface area (Å²) in [5, 5.41) is 22.9. The zero-order chi connectivity index (χ0) is 29.0. The molecule has 0 heterocycles. The van der Waals surface area contributed by atoms with Crippen LogP contribution in [-0.2, 0) is 23.8 Å². The van der Waals surface area contributed by atoms with Gasteiger partial charge in [-0.3, -0.25) is 19.2 Å². The van der Waals surface area contributed by atoms with Gasteiger partial charge < -0.3 is 34.9 Å². The standard InChI is InChI=1S/C27H25NO11/c1-10(28)6-17(30)39-24-15(37-4)9-16(29)27(35)21(24)22(31)13-7-12-8-14(36-3)19(26(34)38-5)11(2)18(12)23(32)20(13)25(27)33/h7-10,32,35H,6,28H2,1-5H3. The minimum Gasteiger partial charge on any atom is -0.507 e. The lowest BCUT2D eigenvalue weighted by atomic mass is 9.69. The summed E-state index contributed by atoms with van der Waals surface area (Å²) < 4.78 is 20.5. The van der Waals surface area contributed by atoms with Crippen molar-refractivity contribution in [3.05, 3.63) is 57.6 Å². The molecule has 2 aliphatic rings. The highest BCUT2D eigenvalue weighted by Crippen LogP contribution is 2.47. The Morgan fingerprint density at radius 3 is 2.33 bits per heavy atom. The van der Waals surface area contributed by atoms with E-state index in [1.54, 1.807) is 0 Å². The van der Waals surface area contributed by atoms with Crippen LogP contribution in [0.4, 0.5) is 0 Å². The molecule has 2 aromatic carbocycles. The molecule has 4 rings (SSSR count). The average Bonchev–Trinajstić information content (AvgIpc) is 2.87. The fourth-order valence-electron chi connectivity index (χ4n) is 4.83. The van der Waals surface area contributed by atoms with Gasteiger partial charge in [0, 0.05) is 23.1 Å². The van der Waals surface area contributed by atoms with E-state index in [4.69, 9.17) is 24.7 Å². The quantitative estimate of drug-likeness (QED) is 0.354. The van der Waals surface area contributed by atoms with E-state index >= 15 is 0 Å². The van der Waals surface area contributed by atoms with Gasteiger partial charge in [-0.1, -0.05) is 0 Å². The minimum atomic E-state index is -3.13. The minimum absolute atomic E-state index is 0.00732. The molecule has 0 saturated carbocycles. The van der Waals surface area contributed by atoms with Crippen molar-refractivity contribution in [2.24, 2.45) is 5.73 Å². The summed E-state index contributed by atoms with van der Waals surface area (Å²) in [7, 11) is 3.60. The number of Topliss-reactive ketones (excluding diaryl/α,β-unsaturated/α-hetero) is 2. The number of aliphatic hydroxyl groups is 1. The summed E-state index contributed by atoms with van der Waals surface area (Å²) in [4.78, 5) is 65.5. The van der Waals surface area contributed by atoms with E-state index in [1.165, 1.54) is 33.1 Å². The van der Waals surface area contributed by atoms with Crippen molar-refractivity contribution in [1.29, 1.82) is 0 Å². The maximum Gasteiger partial charge on any atom is 0.341 e. The molecule has 0 bridgehead atoms. The Hall–Kier alpha value is -4.55. The number of aryl methyl sites for hydroxylation is 1. The molecule has 12 heteroatoms. The SMILES string of the molecule is COC(=O)c1c(OC)cc2cc3c(c(O)c2c1C)C(=O)C1(O)C(=O)C=C(OC)C(OC(=O)CC(C)N)=C1C3=O. The van der Waals surface area contributed by atoms with Crippen LogP contribution in [0.2, 0.25) is 0 Å². The van der Waals surface area contributed by atoms with Crippen LogP contribution in [0.1, 0.15) is 50.0 Å². The number of ketones is 3. The van der Waals surface area contributed by atoms with Crippen molar-refractivity contribution in [3.8, 4) is 11.5 Å². The number of carbonyl (C=O) groups excluding carboxylic acids is 5. The topological polar surface area (TPSA) is 189 Å². The second kappa shape index (κ2) is 9.64. The third kappa shape index (κ3) is 3.96. The molecule has 4 N–H and O–H groups in total. The first-order valence-corrected chi connectivity index (χ1v) is 11.6. The Kier molecular flexibility index (Phi) is 6.79. The molecular weight excluding hydrogens is 514 g/mol. The molecular formula is C27H25NO11. The fourth-order valence-corrected chi connectivity index (χ4v) is 4.83. The third-order valence-electron chi connectivity index (χ3n) is 6.61. The number of methoxy groups -OCH3 is 3. The molecule has 0 radical (unpaired) electrons. The number of carbonyl (C=O) groups is 5. The van der Waals surface area contributed by atoms with Gasteiger partial charge >= 0.3 is 11.9 Å². The molecule has 204 valence electrons. The smallest absolute Gasteiger partial charge is 0.341 e. The average molecular weight is 539 g/mol. The summed E-state index contributed by atoms with van der Waals surface area (Å²) in [6.45, 7) is 3.00. The molecule has 0 fully saturated rings. The molecule has 12 nitrogen and oxygen atoms in total. The third-order valence-corrected chi connectivity index (χ3v) is 6.61. The number of aromatic hydroxyl groups is 1. The number of rotatable bonds is 6. The van der Waals surface area contributed by atoms with E-state index < -0.39 is 63.6 Å². The number of ether oxygens (including phenoxy) is 4. The molecule has 0 aliphatic heterocycles. The van der Waals surface area contributed by atoms with E-state index in [0.717, 1.165) is 20.3 Å². The molecule has 0 spiro atoms. The first kappa shape index (κ1) is 27.5. The van der Waals surface area contributed by atoms with Gasteiger partial charge in [0.05, 0.1) is 38.9 Å². The monoisotopic (exact) mass is 539 g/mol. The number of phenolic OH excluding ortho intramolecular Hbond substituents is 1. The summed E-state index contributed by atoms with van der Waals surface area (Å²) in [6.07, 6.45) is 0.434. The predicted octanol–water partition coefficient (Wildman–Crippen LogP) is 1.41. The van der Waals surface area contributed by atoms with E-state index in [0.29, 0.717) is 0 Å². The summed E-state index contributed by atoms with van der Waals surface area (Å²) in [6, 6.07) is 1.98. The normalized spacial score (nSPS) is 19.3. The maximum absolute atomic E-state index is 13.8. The van der Waals surface area contributed by atoms with Gasteiger partial charge in [0.1, 0.15) is 17.1 Å². The highest BCUT2D eigenvalue weighted by Gasteiger charge is 2.59. The lowest BCUT2D eigenvalue weighted by Gasteiger charge is -2.35. The highest BCUT2D eigenvalue weighted by molar-refractivity contribution is 6.38. The van der Waals surface area contributed by atoms with Crippen LogP contribution < -0.4 is 10.5 Å². The van der Waals surface area contributed by atoms with Crippen LogP contribution in [0.3, 0.4) is 0 Å². The van der Waals surface area contributed by atoms with Crippen molar-refractivity contribution in [2.75, 3.05) is 21.3 Å². The van der Waals surface area contributed by atoms with Gasteiger partial charge in [-0.15, -0.1) is 0 Å². The van der Waals surface area contributed by atoms with Crippen LogP contribution >= 0.6 is 0 Å². The lowest BCUT2D eigenvalue weighted by molar-refractivity contribution is -0.141. The van der Waals surface area contributed by atoms with Crippen molar-refractivity contribution in [1.82, 2.24) is 0 Å². The van der Waals surface area contributed by atoms with Crippen LogP contribution in [0.15, 0.2) is 35.3 Å². The Labute approximate surface area is 221 Å². The second-order valence-corrected chi connectivity index (χ2v) is 9.12. The van der Waals surface area contributed by atoms with Crippen molar-refractivity contribution < 1.29 is 53.1 Å². The van der Waals surface area contributed by atoms with E-state index in [-0.39, 0.29) is 45.4 Å².